The van der Waals surface area contributed by atoms with E-state index in [1.54, 1.807) is 19.2 Å². The Labute approximate surface area is 156 Å². The molecule has 1 saturated carbocycles. The van der Waals surface area contributed by atoms with Crippen molar-refractivity contribution >= 4 is 39.1 Å². The normalized spacial score (nSPS) is 21.4. The van der Waals surface area contributed by atoms with Gasteiger partial charge in [0.1, 0.15) is 11.6 Å². The fraction of sp³-hybridized carbons (Fsp3) is 0.333. The van der Waals surface area contributed by atoms with Crippen LogP contribution in [0.3, 0.4) is 0 Å². The van der Waals surface area contributed by atoms with Crippen LogP contribution in [-0.4, -0.2) is 26.8 Å². The minimum atomic E-state index is -0.580. The Hall–Kier alpha value is -2.35. The van der Waals surface area contributed by atoms with Gasteiger partial charge in [-0.25, -0.2) is 9.38 Å². The largest absolute Gasteiger partial charge is 0.299 e. The quantitative estimate of drug-likeness (QED) is 0.712. The van der Waals surface area contributed by atoms with Gasteiger partial charge in [-0.15, -0.1) is 0 Å². The van der Waals surface area contributed by atoms with Crippen molar-refractivity contribution in [2.75, 3.05) is 0 Å². The third-order valence-electron chi connectivity index (χ3n) is 5.10. The van der Waals surface area contributed by atoms with E-state index in [0.717, 1.165) is 4.68 Å². The van der Waals surface area contributed by atoms with Crippen LogP contribution in [0.25, 0.3) is 0 Å². The van der Waals surface area contributed by atoms with Crippen molar-refractivity contribution in [1.82, 2.24) is 9.36 Å². The molecule has 1 fully saturated rings. The van der Waals surface area contributed by atoms with Gasteiger partial charge in [0, 0.05) is 32.0 Å². The first-order chi connectivity index (χ1) is 12.3. The fourth-order valence-electron chi connectivity index (χ4n) is 3.99. The lowest BCUT2D eigenvalue weighted by molar-refractivity contribution is -0.120. The Morgan fingerprint density at radius 2 is 2.00 bits per heavy atom. The lowest BCUT2D eigenvalue weighted by Crippen LogP contribution is -2.32. The van der Waals surface area contributed by atoms with Gasteiger partial charge >= 0.3 is 0 Å². The van der Waals surface area contributed by atoms with E-state index >= 15 is 0 Å². The topological polar surface area (TPSA) is 73.4 Å². The summed E-state index contributed by atoms with van der Waals surface area (Å²) in [6, 6.07) is 4.47. The van der Waals surface area contributed by atoms with Crippen LogP contribution in [0.2, 0.25) is 0 Å². The lowest BCUT2D eigenvalue weighted by atomic mass is 9.77. The minimum Gasteiger partial charge on any atom is -0.299 e. The molecule has 0 N–H and O–H groups in total. The van der Waals surface area contributed by atoms with Crippen LogP contribution in [0, 0.1) is 11.7 Å². The van der Waals surface area contributed by atoms with Crippen LogP contribution in [0.4, 0.5) is 10.2 Å². The predicted octanol–water partition coefficient (Wildman–Crippen LogP) is 2.95. The van der Waals surface area contributed by atoms with Crippen LogP contribution in [0.15, 0.2) is 32.5 Å². The molecule has 0 amide bonds. The SMILES string of the molecule is CC(=O)n1c(=O)c2c(n1C)N=C1CCC(=O)C1C2c1ccc(F)c(Br)c1. The van der Waals surface area contributed by atoms with E-state index in [4.69, 9.17) is 0 Å². The minimum absolute atomic E-state index is 0.0116. The predicted molar refractivity (Wildman–Crippen MR) is 96.7 cm³/mol. The Morgan fingerprint density at radius 1 is 1.27 bits per heavy atom. The molecular weight excluding hydrogens is 405 g/mol. The number of Topliss-reactive ketones (excluding diaryl/α,β-unsaturated/α-hetero) is 1. The highest BCUT2D eigenvalue weighted by atomic mass is 79.9. The van der Waals surface area contributed by atoms with Gasteiger partial charge < -0.3 is 0 Å². The van der Waals surface area contributed by atoms with E-state index in [1.807, 2.05) is 0 Å². The molecule has 134 valence electrons. The van der Waals surface area contributed by atoms with Gasteiger partial charge in [-0.1, -0.05) is 6.07 Å². The number of halogens is 2. The van der Waals surface area contributed by atoms with Crippen molar-refractivity contribution in [3.05, 3.63) is 50.0 Å². The summed E-state index contributed by atoms with van der Waals surface area (Å²) >= 11 is 3.17. The molecule has 0 saturated heterocycles. The van der Waals surface area contributed by atoms with E-state index in [2.05, 4.69) is 20.9 Å². The number of nitrogens with zero attached hydrogens (tertiary/aromatic N) is 3. The van der Waals surface area contributed by atoms with Crippen LogP contribution in [0.5, 0.6) is 0 Å². The zero-order valence-electron chi connectivity index (χ0n) is 14.1. The number of carbonyl (C=O) groups is 2. The van der Waals surface area contributed by atoms with E-state index in [1.165, 1.54) is 17.7 Å². The first-order valence-electron chi connectivity index (χ1n) is 8.19. The monoisotopic (exact) mass is 419 g/mol. The Kier molecular flexibility index (Phi) is 3.83. The van der Waals surface area contributed by atoms with Crippen molar-refractivity contribution in [3.63, 3.8) is 0 Å². The maximum Gasteiger partial charge on any atom is 0.280 e. The maximum atomic E-state index is 13.7. The molecule has 6 nitrogen and oxygen atoms in total. The molecule has 2 atom stereocenters. The van der Waals surface area contributed by atoms with Crippen LogP contribution >= 0.6 is 15.9 Å². The summed E-state index contributed by atoms with van der Waals surface area (Å²) in [5.74, 6) is -1.58. The van der Waals surface area contributed by atoms with E-state index < -0.39 is 29.1 Å². The molecule has 1 aliphatic heterocycles. The Morgan fingerprint density at radius 3 is 2.65 bits per heavy atom. The summed E-state index contributed by atoms with van der Waals surface area (Å²) in [7, 11) is 1.60. The molecule has 0 radical (unpaired) electrons. The number of carbonyl (C=O) groups excluding carboxylic acids is 2. The van der Waals surface area contributed by atoms with Gasteiger partial charge in [-0.2, -0.15) is 4.68 Å². The zero-order valence-corrected chi connectivity index (χ0v) is 15.7. The average Bonchev–Trinajstić information content (AvgIpc) is 3.07. The first-order valence-corrected chi connectivity index (χ1v) is 8.98. The molecule has 0 spiro atoms. The van der Waals surface area contributed by atoms with Gasteiger partial charge in [0.15, 0.2) is 5.82 Å². The highest BCUT2D eigenvalue weighted by Gasteiger charge is 2.45. The number of hydrogen-bond donors (Lipinski definition) is 0. The number of rotatable bonds is 1. The molecule has 4 rings (SSSR count). The number of aliphatic imine (C=N–C) groups is 1. The van der Waals surface area contributed by atoms with Gasteiger partial charge in [0.2, 0.25) is 5.91 Å². The second kappa shape index (κ2) is 5.84. The number of benzene rings is 1. The van der Waals surface area contributed by atoms with Crippen molar-refractivity contribution < 1.29 is 14.0 Å². The summed E-state index contributed by atoms with van der Waals surface area (Å²) in [5.41, 5.74) is 1.18. The van der Waals surface area contributed by atoms with Crippen molar-refractivity contribution in [2.45, 2.75) is 25.7 Å². The second-order valence-electron chi connectivity index (χ2n) is 6.60. The summed E-state index contributed by atoms with van der Waals surface area (Å²) in [6.45, 7) is 1.30. The maximum absolute atomic E-state index is 13.7. The molecule has 1 aromatic carbocycles. The second-order valence-corrected chi connectivity index (χ2v) is 7.45. The summed E-state index contributed by atoms with van der Waals surface area (Å²) in [4.78, 5) is 42.0. The van der Waals surface area contributed by atoms with Crippen molar-refractivity contribution in [3.8, 4) is 0 Å². The van der Waals surface area contributed by atoms with Gasteiger partial charge in [-0.05, 0) is 40.0 Å². The summed E-state index contributed by atoms with van der Waals surface area (Å²) in [6.07, 6.45) is 0.901. The van der Waals surface area contributed by atoms with Gasteiger partial charge in [0.25, 0.3) is 5.56 Å². The van der Waals surface area contributed by atoms with E-state index in [0.29, 0.717) is 35.5 Å². The molecule has 1 aromatic heterocycles. The van der Waals surface area contributed by atoms with Gasteiger partial charge in [-0.3, -0.25) is 19.1 Å². The molecule has 1 aliphatic carbocycles. The lowest BCUT2D eigenvalue weighted by Gasteiger charge is -2.26. The highest BCUT2D eigenvalue weighted by molar-refractivity contribution is 9.10. The van der Waals surface area contributed by atoms with E-state index in [9.17, 15) is 18.8 Å². The van der Waals surface area contributed by atoms with Crippen molar-refractivity contribution in [2.24, 2.45) is 18.0 Å². The number of fused-ring (bicyclic) bond motifs is 2. The Balaban J connectivity index is 2.04. The third-order valence-corrected chi connectivity index (χ3v) is 5.71. The molecule has 2 aliphatic rings. The summed E-state index contributed by atoms with van der Waals surface area (Å²) < 4.78 is 16.4. The number of hydrogen-bond acceptors (Lipinski definition) is 4. The van der Waals surface area contributed by atoms with Crippen LogP contribution in [-0.2, 0) is 11.8 Å². The molecule has 8 heteroatoms. The fourth-order valence-corrected chi connectivity index (χ4v) is 4.39. The van der Waals surface area contributed by atoms with E-state index in [-0.39, 0.29) is 10.3 Å². The standard InChI is InChI=1S/C18H15BrFN3O3/c1-8(24)23-18(26)16-14(9-3-4-11(20)10(19)7-9)15-12(5-6-13(15)25)21-17(16)22(23)2/h3-4,7,14-15H,5-6H2,1-2H3. The zero-order chi connectivity index (χ0) is 18.7. The molecule has 26 heavy (non-hydrogen) atoms. The average molecular weight is 420 g/mol. The number of ketones is 1. The smallest absolute Gasteiger partial charge is 0.280 e. The first kappa shape index (κ1) is 17.1. The summed E-state index contributed by atoms with van der Waals surface area (Å²) in [5, 5.41) is 0. The molecule has 0 bridgehead atoms. The molecule has 2 unspecified atom stereocenters. The number of aromatic nitrogens is 2. The third kappa shape index (κ3) is 2.28. The Bertz CT molecular complexity index is 1070. The molecular formula is C18H15BrFN3O3. The molecule has 2 aromatic rings. The molecule has 2 heterocycles. The van der Waals surface area contributed by atoms with Crippen LogP contribution < -0.4 is 5.56 Å². The van der Waals surface area contributed by atoms with Gasteiger partial charge in [0.05, 0.1) is 16.0 Å². The van der Waals surface area contributed by atoms with Crippen molar-refractivity contribution in [1.29, 1.82) is 0 Å². The highest BCUT2D eigenvalue weighted by Crippen LogP contribution is 2.45. The van der Waals surface area contributed by atoms with Crippen LogP contribution in [0.1, 0.15) is 41.6 Å².